The number of rotatable bonds is 9. The van der Waals surface area contributed by atoms with Crippen LogP contribution in [0.25, 0.3) is 0 Å². The Morgan fingerprint density at radius 3 is 2.41 bits per heavy atom. The van der Waals surface area contributed by atoms with Crippen LogP contribution in [0.5, 0.6) is 11.5 Å². The first-order valence-corrected chi connectivity index (χ1v) is 11.2. The van der Waals surface area contributed by atoms with Crippen LogP contribution in [-0.4, -0.2) is 37.1 Å². The molecule has 9 nitrogen and oxygen atoms in total. The van der Waals surface area contributed by atoms with Crippen LogP contribution in [0.1, 0.15) is 12.5 Å². The van der Waals surface area contributed by atoms with Gasteiger partial charge in [0.15, 0.2) is 18.1 Å². The molecular formula is C25H21ClF2N4O5. The zero-order valence-electron chi connectivity index (χ0n) is 19.4. The molecule has 0 aliphatic carbocycles. The van der Waals surface area contributed by atoms with Gasteiger partial charge >= 0.3 is 11.8 Å². The minimum absolute atomic E-state index is 0.00665. The molecule has 0 radical (unpaired) electrons. The van der Waals surface area contributed by atoms with Crippen LogP contribution < -0.4 is 25.5 Å². The van der Waals surface area contributed by atoms with Gasteiger partial charge in [-0.2, -0.15) is 5.10 Å². The summed E-state index contributed by atoms with van der Waals surface area (Å²) in [5.74, 6) is -3.49. The van der Waals surface area contributed by atoms with Gasteiger partial charge < -0.3 is 20.1 Å². The van der Waals surface area contributed by atoms with Crippen molar-refractivity contribution in [2.24, 2.45) is 5.10 Å². The number of hydrazone groups is 1. The minimum Gasteiger partial charge on any atom is -0.490 e. The van der Waals surface area contributed by atoms with Gasteiger partial charge in [-0.15, -0.1) is 0 Å². The molecule has 0 bridgehead atoms. The SMILES string of the molecule is CCOc1cc(/C=N\NC(=O)C(=O)Nc2ccc(F)cc2)cc(Cl)c1OCC(=O)Nc1ccccc1F. The number of carbonyl (C=O) groups is 3. The molecule has 3 aromatic carbocycles. The monoisotopic (exact) mass is 530 g/mol. The standard InChI is InChI=1S/C25H21ClF2N4O5/c1-2-36-21-12-15(13-29-32-25(35)24(34)30-17-9-7-16(27)8-10-17)11-18(26)23(21)37-14-22(33)31-20-6-4-3-5-19(20)28/h3-13H,2,14H2,1H3,(H,30,34)(H,31,33)(H,32,35)/b29-13-. The van der Waals surface area contributed by atoms with Gasteiger partial charge in [-0.1, -0.05) is 23.7 Å². The zero-order valence-corrected chi connectivity index (χ0v) is 20.1. The normalized spacial score (nSPS) is 10.6. The first kappa shape index (κ1) is 27.1. The average molecular weight is 531 g/mol. The fraction of sp³-hybridized carbons (Fsp3) is 0.120. The second-order valence-electron chi connectivity index (χ2n) is 7.24. The second-order valence-corrected chi connectivity index (χ2v) is 7.65. The maximum Gasteiger partial charge on any atom is 0.329 e. The fourth-order valence-corrected chi connectivity index (χ4v) is 3.16. The van der Waals surface area contributed by atoms with E-state index in [1.807, 2.05) is 0 Å². The number of amides is 3. The number of hydrogen-bond acceptors (Lipinski definition) is 6. The topological polar surface area (TPSA) is 118 Å². The highest BCUT2D eigenvalue weighted by Gasteiger charge is 2.16. The van der Waals surface area contributed by atoms with Crippen LogP contribution in [0, 0.1) is 11.6 Å². The Morgan fingerprint density at radius 1 is 0.973 bits per heavy atom. The Labute approximate surface area is 215 Å². The van der Waals surface area contributed by atoms with Crippen molar-refractivity contribution in [3.63, 3.8) is 0 Å². The molecule has 0 unspecified atom stereocenters. The van der Waals surface area contributed by atoms with E-state index >= 15 is 0 Å². The minimum atomic E-state index is -1.06. The number of benzene rings is 3. The third kappa shape index (κ3) is 8.00. The van der Waals surface area contributed by atoms with Crippen LogP contribution in [-0.2, 0) is 14.4 Å². The molecule has 0 spiro atoms. The lowest BCUT2D eigenvalue weighted by atomic mass is 10.2. The lowest BCUT2D eigenvalue weighted by Crippen LogP contribution is -2.32. The Hall–Kier alpha value is -4.51. The molecule has 0 saturated carbocycles. The van der Waals surface area contributed by atoms with E-state index in [2.05, 4.69) is 21.2 Å². The second kappa shape index (κ2) is 13.0. The molecule has 0 aliphatic heterocycles. The van der Waals surface area contributed by atoms with E-state index in [-0.39, 0.29) is 34.5 Å². The van der Waals surface area contributed by atoms with Crippen molar-refractivity contribution in [3.8, 4) is 11.5 Å². The number of para-hydroxylation sites is 1. The Balaban J connectivity index is 1.61. The van der Waals surface area contributed by atoms with Gasteiger partial charge in [0.25, 0.3) is 5.91 Å². The molecule has 0 heterocycles. The number of hydrogen-bond donors (Lipinski definition) is 3. The third-order valence-corrected chi connectivity index (χ3v) is 4.80. The predicted octanol–water partition coefficient (Wildman–Crippen LogP) is 4.12. The molecule has 0 atom stereocenters. The predicted molar refractivity (Wildman–Crippen MR) is 134 cm³/mol. The zero-order chi connectivity index (χ0) is 26.8. The van der Waals surface area contributed by atoms with Gasteiger partial charge in [0.2, 0.25) is 0 Å². The average Bonchev–Trinajstić information content (AvgIpc) is 2.86. The first-order chi connectivity index (χ1) is 17.8. The van der Waals surface area contributed by atoms with Crippen molar-refractivity contribution < 1.29 is 32.6 Å². The van der Waals surface area contributed by atoms with E-state index in [4.69, 9.17) is 21.1 Å². The summed E-state index contributed by atoms with van der Waals surface area (Å²) in [7, 11) is 0. The van der Waals surface area contributed by atoms with Gasteiger partial charge in [-0.05, 0) is 61.0 Å². The quantitative estimate of drug-likeness (QED) is 0.218. The summed E-state index contributed by atoms with van der Waals surface area (Å²) in [5, 5.41) is 8.49. The van der Waals surface area contributed by atoms with Crippen molar-refractivity contribution in [2.75, 3.05) is 23.8 Å². The Morgan fingerprint density at radius 2 is 1.70 bits per heavy atom. The number of halogens is 3. The molecule has 192 valence electrons. The number of nitrogens with zero attached hydrogens (tertiary/aromatic N) is 1. The van der Waals surface area contributed by atoms with E-state index in [1.54, 1.807) is 13.0 Å². The number of nitrogens with one attached hydrogen (secondary N) is 3. The van der Waals surface area contributed by atoms with E-state index in [1.165, 1.54) is 48.7 Å². The summed E-state index contributed by atoms with van der Waals surface area (Å²) in [5.41, 5.74) is 2.69. The van der Waals surface area contributed by atoms with Crippen molar-refractivity contribution in [2.45, 2.75) is 6.92 Å². The molecule has 0 aromatic heterocycles. The van der Waals surface area contributed by atoms with E-state index in [0.717, 1.165) is 12.1 Å². The van der Waals surface area contributed by atoms with E-state index in [9.17, 15) is 23.2 Å². The van der Waals surface area contributed by atoms with Crippen molar-refractivity contribution in [1.82, 2.24) is 5.43 Å². The summed E-state index contributed by atoms with van der Waals surface area (Å²) >= 11 is 6.30. The van der Waals surface area contributed by atoms with Gasteiger partial charge in [-0.25, -0.2) is 14.2 Å². The molecule has 0 fully saturated rings. The van der Waals surface area contributed by atoms with Crippen molar-refractivity contribution in [1.29, 1.82) is 0 Å². The first-order valence-electron chi connectivity index (χ1n) is 10.8. The largest absolute Gasteiger partial charge is 0.490 e. The molecule has 3 N–H and O–H groups in total. The summed E-state index contributed by atoms with van der Waals surface area (Å²) in [6.07, 6.45) is 1.21. The van der Waals surface area contributed by atoms with Gasteiger partial charge in [-0.3, -0.25) is 14.4 Å². The summed E-state index contributed by atoms with van der Waals surface area (Å²) in [4.78, 5) is 36.1. The summed E-state index contributed by atoms with van der Waals surface area (Å²) in [6.45, 7) is 1.50. The lowest BCUT2D eigenvalue weighted by Gasteiger charge is -2.14. The molecule has 12 heteroatoms. The Kier molecular flexibility index (Phi) is 9.50. The smallest absolute Gasteiger partial charge is 0.329 e. The van der Waals surface area contributed by atoms with Gasteiger partial charge in [0.05, 0.1) is 23.5 Å². The molecule has 0 saturated heterocycles. The van der Waals surface area contributed by atoms with Crippen LogP contribution >= 0.6 is 11.6 Å². The molecule has 0 aliphatic rings. The van der Waals surface area contributed by atoms with Crippen LogP contribution in [0.4, 0.5) is 20.2 Å². The maximum absolute atomic E-state index is 13.7. The van der Waals surface area contributed by atoms with Crippen LogP contribution in [0.2, 0.25) is 5.02 Å². The Bertz CT molecular complexity index is 1320. The van der Waals surface area contributed by atoms with Crippen molar-refractivity contribution >= 4 is 46.9 Å². The number of ether oxygens (including phenoxy) is 2. The third-order valence-electron chi connectivity index (χ3n) is 4.52. The molecule has 3 amide bonds. The highest BCUT2D eigenvalue weighted by atomic mass is 35.5. The molecular weight excluding hydrogens is 510 g/mol. The van der Waals surface area contributed by atoms with E-state index in [0.29, 0.717) is 5.56 Å². The summed E-state index contributed by atoms with van der Waals surface area (Å²) < 4.78 is 37.7. The van der Waals surface area contributed by atoms with Crippen LogP contribution in [0.15, 0.2) is 65.8 Å². The van der Waals surface area contributed by atoms with Crippen LogP contribution in [0.3, 0.4) is 0 Å². The van der Waals surface area contributed by atoms with Gasteiger partial charge in [0.1, 0.15) is 11.6 Å². The highest BCUT2D eigenvalue weighted by molar-refractivity contribution is 6.39. The molecule has 3 rings (SSSR count). The fourth-order valence-electron chi connectivity index (χ4n) is 2.89. The summed E-state index contributed by atoms with van der Waals surface area (Å²) in [6, 6.07) is 13.5. The number of carbonyl (C=O) groups excluding carboxylic acids is 3. The number of anilines is 2. The molecule has 3 aromatic rings. The maximum atomic E-state index is 13.7. The molecule has 37 heavy (non-hydrogen) atoms. The highest BCUT2D eigenvalue weighted by Crippen LogP contribution is 2.36. The van der Waals surface area contributed by atoms with Crippen molar-refractivity contribution in [3.05, 3.63) is 82.9 Å². The van der Waals surface area contributed by atoms with Gasteiger partial charge in [0, 0.05) is 5.69 Å². The lowest BCUT2D eigenvalue weighted by molar-refractivity contribution is -0.136. The van der Waals surface area contributed by atoms with E-state index < -0.39 is 36.0 Å².